The molecule has 0 bridgehead atoms. The average Bonchev–Trinajstić information content (AvgIpc) is 2.87. The molecule has 3 saturated heterocycles. The summed E-state index contributed by atoms with van der Waals surface area (Å²) < 4.78 is 18.7. The van der Waals surface area contributed by atoms with Crippen LogP contribution in [0.15, 0.2) is 24.3 Å². The number of hydrogen-bond donors (Lipinski definition) is 2. The lowest BCUT2D eigenvalue weighted by molar-refractivity contribution is 0.0386. The van der Waals surface area contributed by atoms with Crippen molar-refractivity contribution in [3.8, 4) is 0 Å². The summed E-state index contributed by atoms with van der Waals surface area (Å²) in [6.07, 6.45) is 4.57. The Morgan fingerprint density at radius 3 is 2.60 bits per heavy atom. The third kappa shape index (κ3) is 8.41. The summed E-state index contributed by atoms with van der Waals surface area (Å²) in [5, 5.41) is 6.40. The molecule has 35 heavy (non-hydrogen) atoms. The van der Waals surface area contributed by atoms with Crippen LogP contribution in [0.1, 0.15) is 31.7 Å². The van der Waals surface area contributed by atoms with E-state index < -0.39 is 0 Å². The van der Waals surface area contributed by atoms with E-state index >= 15 is 0 Å². The molecule has 0 spiro atoms. The lowest BCUT2D eigenvalue weighted by Gasteiger charge is -2.42. The highest BCUT2D eigenvalue weighted by Crippen LogP contribution is 2.25. The average molecular weight is 490 g/mol. The normalized spacial score (nSPS) is 27.0. The van der Waals surface area contributed by atoms with Gasteiger partial charge in [0.05, 0.1) is 13.2 Å². The fourth-order valence-electron chi connectivity index (χ4n) is 5.88. The van der Waals surface area contributed by atoms with E-state index in [-0.39, 0.29) is 17.9 Å². The summed E-state index contributed by atoms with van der Waals surface area (Å²) in [6, 6.07) is 7.11. The van der Waals surface area contributed by atoms with Gasteiger partial charge in [0.2, 0.25) is 0 Å². The number of carbonyl (C=O) groups is 1. The third-order valence-electron chi connectivity index (χ3n) is 7.95. The van der Waals surface area contributed by atoms with Gasteiger partial charge in [-0.05, 0) is 74.8 Å². The highest BCUT2D eigenvalue weighted by atomic mass is 19.1. The van der Waals surface area contributed by atoms with Gasteiger partial charge < -0.3 is 25.2 Å². The van der Waals surface area contributed by atoms with Crippen LogP contribution in [0.2, 0.25) is 0 Å². The molecule has 4 rings (SSSR count). The largest absolute Gasteiger partial charge is 0.379 e. The van der Waals surface area contributed by atoms with Crippen LogP contribution in [-0.2, 0) is 11.2 Å². The number of likely N-dealkylation sites (N-methyl/N-ethyl adjacent to an activating group) is 1. The summed E-state index contributed by atoms with van der Waals surface area (Å²) >= 11 is 0. The van der Waals surface area contributed by atoms with Gasteiger partial charge in [-0.15, -0.1) is 0 Å². The van der Waals surface area contributed by atoms with Crippen molar-refractivity contribution in [2.24, 2.45) is 11.8 Å². The van der Waals surface area contributed by atoms with E-state index in [1.54, 1.807) is 12.1 Å². The maximum atomic E-state index is 13.3. The Morgan fingerprint density at radius 1 is 1.03 bits per heavy atom. The van der Waals surface area contributed by atoms with E-state index in [0.717, 1.165) is 85.0 Å². The number of urea groups is 1. The number of benzene rings is 1. The molecule has 3 aliphatic heterocycles. The first-order chi connectivity index (χ1) is 17.1. The first-order valence-corrected chi connectivity index (χ1v) is 13.6. The highest BCUT2D eigenvalue weighted by Gasteiger charge is 2.32. The lowest BCUT2D eigenvalue weighted by Crippen LogP contribution is -2.57. The van der Waals surface area contributed by atoms with Crippen molar-refractivity contribution < 1.29 is 13.9 Å². The molecule has 8 heteroatoms. The molecule has 2 amide bonds. The quantitative estimate of drug-likeness (QED) is 0.558. The minimum atomic E-state index is -0.166. The van der Waals surface area contributed by atoms with Crippen LogP contribution in [-0.4, -0.2) is 105 Å². The van der Waals surface area contributed by atoms with Crippen LogP contribution in [0.5, 0.6) is 0 Å². The van der Waals surface area contributed by atoms with Gasteiger partial charge in [0.1, 0.15) is 5.82 Å². The number of halogens is 1. The maximum Gasteiger partial charge on any atom is 0.315 e. The zero-order valence-corrected chi connectivity index (χ0v) is 21.4. The number of hydrogen-bond acceptors (Lipinski definition) is 5. The van der Waals surface area contributed by atoms with Crippen molar-refractivity contribution in [3.05, 3.63) is 35.6 Å². The van der Waals surface area contributed by atoms with Crippen LogP contribution in [0.25, 0.3) is 0 Å². The number of likely N-dealkylation sites (tertiary alicyclic amines) is 2. The monoisotopic (exact) mass is 489 g/mol. The summed E-state index contributed by atoms with van der Waals surface area (Å²) in [5.74, 6) is 0.910. The molecule has 2 unspecified atom stereocenters. The summed E-state index contributed by atoms with van der Waals surface area (Å²) in [4.78, 5) is 20.1. The smallest absolute Gasteiger partial charge is 0.315 e. The highest BCUT2D eigenvalue weighted by molar-refractivity contribution is 5.74. The second-order valence-electron chi connectivity index (χ2n) is 10.5. The predicted molar refractivity (Wildman–Crippen MR) is 137 cm³/mol. The Balaban J connectivity index is 1.25. The SMILES string of the molecule is CCN1CCC(CN2CCC[C@@H](Cc3ccc(F)cc3)C2)C(NC(=O)NCCN2CCOCC2)C1. The molecule has 3 heterocycles. The number of morpholine rings is 1. The van der Waals surface area contributed by atoms with Gasteiger partial charge in [-0.2, -0.15) is 0 Å². The number of nitrogens with one attached hydrogen (secondary N) is 2. The zero-order chi connectivity index (χ0) is 24.5. The van der Waals surface area contributed by atoms with Crippen molar-refractivity contribution >= 4 is 6.03 Å². The summed E-state index contributed by atoms with van der Waals surface area (Å²) in [6.45, 7) is 13.5. The molecule has 1 aromatic carbocycles. The molecule has 7 nitrogen and oxygen atoms in total. The number of piperidine rings is 2. The topological polar surface area (TPSA) is 60.1 Å². The Kier molecular flexibility index (Phi) is 10.2. The minimum Gasteiger partial charge on any atom is -0.379 e. The van der Waals surface area contributed by atoms with Gasteiger partial charge in [-0.1, -0.05) is 19.1 Å². The molecule has 3 atom stereocenters. The second kappa shape index (κ2) is 13.5. The van der Waals surface area contributed by atoms with E-state index in [2.05, 4.69) is 32.3 Å². The summed E-state index contributed by atoms with van der Waals surface area (Å²) in [7, 11) is 0. The van der Waals surface area contributed by atoms with Gasteiger partial charge in [-0.25, -0.2) is 9.18 Å². The van der Waals surface area contributed by atoms with Gasteiger partial charge >= 0.3 is 6.03 Å². The fourth-order valence-corrected chi connectivity index (χ4v) is 5.88. The van der Waals surface area contributed by atoms with Crippen molar-refractivity contribution in [1.29, 1.82) is 0 Å². The number of carbonyl (C=O) groups excluding carboxylic acids is 1. The number of rotatable bonds is 9. The zero-order valence-electron chi connectivity index (χ0n) is 21.4. The minimum absolute atomic E-state index is 0.0426. The lowest BCUT2D eigenvalue weighted by atomic mass is 9.87. The Morgan fingerprint density at radius 2 is 1.83 bits per heavy atom. The van der Waals surface area contributed by atoms with Gasteiger partial charge in [0.25, 0.3) is 0 Å². The molecule has 0 aliphatic carbocycles. The van der Waals surface area contributed by atoms with Crippen LogP contribution < -0.4 is 10.6 Å². The van der Waals surface area contributed by atoms with E-state index in [9.17, 15) is 9.18 Å². The Bertz CT molecular complexity index is 773. The van der Waals surface area contributed by atoms with Crippen molar-refractivity contribution in [3.63, 3.8) is 0 Å². The molecule has 196 valence electrons. The third-order valence-corrected chi connectivity index (χ3v) is 7.95. The van der Waals surface area contributed by atoms with Crippen LogP contribution >= 0.6 is 0 Å². The van der Waals surface area contributed by atoms with Crippen LogP contribution in [0.3, 0.4) is 0 Å². The van der Waals surface area contributed by atoms with Crippen molar-refractivity contribution in [2.45, 2.75) is 38.6 Å². The van der Waals surface area contributed by atoms with Gasteiger partial charge in [0, 0.05) is 51.9 Å². The molecule has 0 aromatic heterocycles. The molecule has 0 saturated carbocycles. The molecule has 3 fully saturated rings. The van der Waals surface area contributed by atoms with Gasteiger partial charge in [-0.3, -0.25) is 4.90 Å². The van der Waals surface area contributed by atoms with E-state index in [1.807, 2.05) is 12.1 Å². The number of nitrogens with zero attached hydrogens (tertiary/aromatic N) is 3. The molecular formula is C27H44FN5O2. The van der Waals surface area contributed by atoms with Crippen LogP contribution in [0.4, 0.5) is 9.18 Å². The van der Waals surface area contributed by atoms with Crippen LogP contribution in [0, 0.1) is 17.7 Å². The second-order valence-corrected chi connectivity index (χ2v) is 10.5. The van der Waals surface area contributed by atoms with E-state index in [4.69, 9.17) is 4.74 Å². The molecule has 1 aromatic rings. The first-order valence-electron chi connectivity index (χ1n) is 13.6. The molecule has 3 aliphatic rings. The Labute approximate surface area is 210 Å². The maximum absolute atomic E-state index is 13.3. The Hall–Kier alpha value is -1.74. The number of amides is 2. The molecule has 2 N–H and O–H groups in total. The van der Waals surface area contributed by atoms with Crippen molar-refractivity contribution in [1.82, 2.24) is 25.3 Å². The standard InChI is InChI=1S/C27H44FN5O2/c1-2-31-12-9-24(26(21-31)30-27(34)29-10-13-32-14-16-35-17-15-32)20-33-11-3-4-23(19-33)18-22-5-7-25(28)8-6-22/h5-8,23-24,26H,2-4,9-21H2,1H3,(H2,29,30,34)/t23-,24?,26?/m0/s1. The molecular weight excluding hydrogens is 445 g/mol. The number of ether oxygens (including phenoxy) is 1. The first kappa shape index (κ1) is 26.3. The van der Waals surface area contributed by atoms with E-state index in [0.29, 0.717) is 18.4 Å². The fraction of sp³-hybridized carbons (Fsp3) is 0.741. The van der Waals surface area contributed by atoms with Gasteiger partial charge in [0.15, 0.2) is 0 Å². The van der Waals surface area contributed by atoms with Crippen molar-refractivity contribution in [2.75, 3.05) is 78.7 Å². The summed E-state index contributed by atoms with van der Waals surface area (Å²) in [5.41, 5.74) is 1.22. The molecule has 0 radical (unpaired) electrons. The predicted octanol–water partition coefficient (Wildman–Crippen LogP) is 2.42. The van der Waals surface area contributed by atoms with E-state index in [1.165, 1.54) is 18.4 Å².